The molecule has 6 heteroatoms. The molecule has 1 amide bonds. The molecule has 0 spiro atoms. The van der Waals surface area contributed by atoms with Gasteiger partial charge < -0.3 is 5.32 Å². The fraction of sp³-hybridized carbons (Fsp3) is 0.294. The minimum atomic E-state index is -0.162. The molecular weight excluding hydrogens is 290 g/mol. The Morgan fingerprint density at radius 1 is 1.30 bits per heavy atom. The average molecular weight is 309 g/mol. The third-order valence-electron chi connectivity index (χ3n) is 3.76. The van der Waals surface area contributed by atoms with E-state index in [1.54, 1.807) is 16.8 Å². The molecule has 0 aliphatic carbocycles. The second-order valence-corrected chi connectivity index (χ2v) is 5.58. The highest BCUT2D eigenvalue weighted by molar-refractivity contribution is 5.93. The van der Waals surface area contributed by atoms with Gasteiger partial charge in [-0.05, 0) is 38.5 Å². The van der Waals surface area contributed by atoms with Crippen molar-refractivity contribution in [3.63, 3.8) is 0 Å². The average Bonchev–Trinajstić information content (AvgIpc) is 3.00. The van der Waals surface area contributed by atoms with Crippen LogP contribution in [-0.2, 0) is 0 Å². The van der Waals surface area contributed by atoms with Gasteiger partial charge in [0.2, 0.25) is 0 Å². The van der Waals surface area contributed by atoms with Gasteiger partial charge in [-0.3, -0.25) is 9.78 Å². The molecule has 0 aliphatic heterocycles. The summed E-state index contributed by atoms with van der Waals surface area (Å²) in [6.45, 7) is 5.91. The molecular formula is C17H19N5O. The number of hydrogen-bond acceptors (Lipinski definition) is 4. The van der Waals surface area contributed by atoms with Crippen molar-refractivity contribution < 1.29 is 4.79 Å². The Hall–Kier alpha value is -2.76. The van der Waals surface area contributed by atoms with Gasteiger partial charge in [0.05, 0.1) is 5.69 Å². The fourth-order valence-corrected chi connectivity index (χ4v) is 2.28. The van der Waals surface area contributed by atoms with Crippen molar-refractivity contribution in [3.05, 3.63) is 47.9 Å². The minimum absolute atomic E-state index is 0.120. The number of rotatable bonds is 4. The number of amides is 1. The summed E-state index contributed by atoms with van der Waals surface area (Å²) in [6, 6.07) is 9.38. The maximum absolute atomic E-state index is 12.3. The van der Waals surface area contributed by atoms with Crippen LogP contribution in [0.15, 0.2) is 36.5 Å². The molecule has 0 bridgehead atoms. The van der Waals surface area contributed by atoms with E-state index in [0.29, 0.717) is 11.3 Å². The van der Waals surface area contributed by atoms with E-state index < -0.39 is 0 Å². The summed E-state index contributed by atoms with van der Waals surface area (Å²) in [4.78, 5) is 21.0. The summed E-state index contributed by atoms with van der Waals surface area (Å²) in [6.07, 6.45) is 2.61. The van der Waals surface area contributed by atoms with Gasteiger partial charge in [0.1, 0.15) is 11.4 Å². The molecule has 0 unspecified atom stereocenters. The van der Waals surface area contributed by atoms with Crippen LogP contribution in [0.1, 0.15) is 36.5 Å². The van der Waals surface area contributed by atoms with Crippen LogP contribution in [0.2, 0.25) is 0 Å². The summed E-state index contributed by atoms with van der Waals surface area (Å²) in [5.74, 6) is -0.162. The number of nitrogens with one attached hydrogen (secondary N) is 1. The van der Waals surface area contributed by atoms with Crippen molar-refractivity contribution in [2.45, 2.75) is 33.2 Å². The lowest BCUT2D eigenvalue weighted by atomic mass is 10.2. The summed E-state index contributed by atoms with van der Waals surface area (Å²) < 4.78 is 1.73. The van der Waals surface area contributed by atoms with Crippen molar-refractivity contribution >= 4 is 11.6 Å². The SMILES string of the molecule is CC[C@H](C)NC(=O)c1cc(C)n2nc(-c3ccccn3)cc2n1. The largest absolute Gasteiger partial charge is 0.348 e. The second-order valence-electron chi connectivity index (χ2n) is 5.58. The van der Waals surface area contributed by atoms with Gasteiger partial charge >= 0.3 is 0 Å². The van der Waals surface area contributed by atoms with E-state index in [2.05, 4.69) is 20.4 Å². The number of hydrogen-bond donors (Lipinski definition) is 1. The highest BCUT2D eigenvalue weighted by Gasteiger charge is 2.14. The predicted molar refractivity (Wildman–Crippen MR) is 88.2 cm³/mol. The molecule has 6 nitrogen and oxygen atoms in total. The van der Waals surface area contributed by atoms with Crippen molar-refractivity contribution in [3.8, 4) is 11.4 Å². The van der Waals surface area contributed by atoms with Crippen LogP contribution in [-0.4, -0.2) is 31.5 Å². The second kappa shape index (κ2) is 6.16. The van der Waals surface area contributed by atoms with Crippen LogP contribution >= 0.6 is 0 Å². The number of carbonyl (C=O) groups excluding carboxylic acids is 1. The van der Waals surface area contributed by atoms with Crippen LogP contribution in [0.3, 0.4) is 0 Å². The van der Waals surface area contributed by atoms with Gasteiger partial charge in [0.15, 0.2) is 5.65 Å². The maximum atomic E-state index is 12.3. The van der Waals surface area contributed by atoms with Crippen molar-refractivity contribution in [1.29, 1.82) is 0 Å². The molecule has 0 radical (unpaired) electrons. The zero-order chi connectivity index (χ0) is 16.4. The number of nitrogens with zero attached hydrogens (tertiary/aromatic N) is 4. The summed E-state index contributed by atoms with van der Waals surface area (Å²) in [5, 5.41) is 7.45. The lowest BCUT2D eigenvalue weighted by Gasteiger charge is -2.11. The first kappa shape index (κ1) is 15.1. The summed E-state index contributed by atoms with van der Waals surface area (Å²) >= 11 is 0. The quantitative estimate of drug-likeness (QED) is 0.804. The standard InChI is InChI=1S/C17H19N5O/c1-4-11(2)19-17(23)15-9-12(3)22-16(20-15)10-14(21-22)13-7-5-6-8-18-13/h5-11H,4H2,1-3H3,(H,19,23)/t11-/m0/s1. The van der Waals surface area contributed by atoms with E-state index in [4.69, 9.17) is 0 Å². The maximum Gasteiger partial charge on any atom is 0.270 e. The van der Waals surface area contributed by atoms with Crippen LogP contribution < -0.4 is 5.32 Å². The molecule has 0 fully saturated rings. The molecule has 0 saturated heterocycles. The molecule has 0 aromatic carbocycles. The Kier molecular flexibility index (Phi) is 4.06. The van der Waals surface area contributed by atoms with Gasteiger partial charge in [0.25, 0.3) is 5.91 Å². The molecule has 0 aliphatic rings. The Balaban J connectivity index is 2.00. The zero-order valence-electron chi connectivity index (χ0n) is 13.4. The zero-order valence-corrected chi connectivity index (χ0v) is 13.4. The third-order valence-corrected chi connectivity index (χ3v) is 3.76. The van der Waals surface area contributed by atoms with Gasteiger partial charge in [-0.1, -0.05) is 13.0 Å². The molecule has 3 aromatic heterocycles. The molecule has 1 N–H and O–H groups in total. The van der Waals surface area contributed by atoms with Crippen molar-refractivity contribution in [2.75, 3.05) is 0 Å². The number of aromatic nitrogens is 4. The summed E-state index contributed by atoms with van der Waals surface area (Å²) in [7, 11) is 0. The van der Waals surface area contributed by atoms with E-state index in [9.17, 15) is 4.79 Å². The first-order valence-electron chi connectivity index (χ1n) is 7.68. The monoisotopic (exact) mass is 309 g/mol. The van der Waals surface area contributed by atoms with E-state index in [-0.39, 0.29) is 11.9 Å². The van der Waals surface area contributed by atoms with Crippen LogP contribution in [0, 0.1) is 6.92 Å². The lowest BCUT2D eigenvalue weighted by Crippen LogP contribution is -2.32. The highest BCUT2D eigenvalue weighted by atomic mass is 16.1. The van der Waals surface area contributed by atoms with Gasteiger partial charge in [-0.2, -0.15) is 5.10 Å². The molecule has 3 aromatic rings. The first-order valence-corrected chi connectivity index (χ1v) is 7.68. The first-order chi connectivity index (χ1) is 11.1. The topological polar surface area (TPSA) is 72.2 Å². The van der Waals surface area contributed by atoms with Gasteiger partial charge in [-0.15, -0.1) is 0 Å². The number of carbonyl (C=O) groups is 1. The number of aryl methyl sites for hydroxylation is 1. The Labute approximate surface area is 134 Å². The smallest absolute Gasteiger partial charge is 0.270 e. The van der Waals surface area contributed by atoms with Crippen molar-refractivity contribution in [1.82, 2.24) is 24.9 Å². The molecule has 23 heavy (non-hydrogen) atoms. The minimum Gasteiger partial charge on any atom is -0.348 e. The fourth-order valence-electron chi connectivity index (χ4n) is 2.28. The van der Waals surface area contributed by atoms with Gasteiger partial charge in [-0.25, -0.2) is 9.50 Å². The number of fused-ring (bicyclic) bond motifs is 1. The van der Waals surface area contributed by atoms with Crippen LogP contribution in [0.4, 0.5) is 0 Å². The molecule has 1 atom stereocenters. The van der Waals surface area contributed by atoms with E-state index in [1.807, 2.05) is 45.0 Å². The van der Waals surface area contributed by atoms with Crippen LogP contribution in [0.25, 0.3) is 17.0 Å². The van der Waals surface area contributed by atoms with Crippen LogP contribution in [0.5, 0.6) is 0 Å². The molecule has 0 saturated carbocycles. The van der Waals surface area contributed by atoms with Gasteiger partial charge in [0, 0.05) is 24.0 Å². The van der Waals surface area contributed by atoms with Crippen molar-refractivity contribution in [2.24, 2.45) is 0 Å². The molecule has 118 valence electrons. The molecule has 3 rings (SSSR count). The van der Waals surface area contributed by atoms with E-state index in [0.717, 1.165) is 23.5 Å². The van der Waals surface area contributed by atoms with E-state index >= 15 is 0 Å². The summed E-state index contributed by atoms with van der Waals surface area (Å²) in [5.41, 5.74) is 3.41. The Morgan fingerprint density at radius 2 is 2.13 bits per heavy atom. The normalized spacial score (nSPS) is 12.3. The predicted octanol–water partition coefficient (Wildman–Crippen LogP) is 2.63. The lowest BCUT2D eigenvalue weighted by molar-refractivity contribution is 0.0934. The van der Waals surface area contributed by atoms with E-state index in [1.165, 1.54) is 0 Å². The third kappa shape index (κ3) is 3.06. The Morgan fingerprint density at radius 3 is 2.83 bits per heavy atom. The molecule has 3 heterocycles. The highest BCUT2D eigenvalue weighted by Crippen LogP contribution is 2.17. The Bertz CT molecular complexity index is 841. The number of pyridine rings is 1.